The van der Waals surface area contributed by atoms with Crippen LogP contribution in [0.25, 0.3) is 17.2 Å². The predicted octanol–water partition coefficient (Wildman–Crippen LogP) is 4.05. The first-order valence-corrected chi connectivity index (χ1v) is 10.1. The molecule has 0 unspecified atom stereocenters. The van der Waals surface area contributed by atoms with Gasteiger partial charge in [0.1, 0.15) is 0 Å². The number of pyridine rings is 1. The Morgan fingerprint density at radius 2 is 2.06 bits per heavy atom. The third kappa shape index (κ3) is 5.42. The lowest BCUT2D eigenvalue weighted by Crippen LogP contribution is -2.37. The molecule has 6 nitrogen and oxygen atoms in total. The molecule has 4 rings (SSSR count). The maximum atomic E-state index is 12.6. The Morgan fingerprint density at radius 1 is 1.22 bits per heavy atom. The van der Waals surface area contributed by atoms with E-state index >= 15 is 0 Å². The lowest BCUT2D eigenvalue weighted by Gasteiger charge is -2.29. The average molecular weight is 441 g/mol. The highest BCUT2D eigenvalue weighted by atomic mass is 19.4. The molecule has 3 heterocycles. The average Bonchev–Trinajstić information content (AvgIpc) is 3.17. The molecule has 2 aromatic heterocycles. The number of anilines is 1. The zero-order chi connectivity index (χ0) is 22.7. The Bertz CT molecular complexity index is 1150. The first-order chi connectivity index (χ1) is 15.3. The minimum atomic E-state index is -4.21. The van der Waals surface area contributed by atoms with Gasteiger partial charge in [-0.1, -0.05) is 6.07 Å². The van der Waals surface area contributed by atoms with Crippen molar-refractivity contribution in [3.8, 4) is 11.1 Å². The third-order valence-corrected chi connectivity index (χ3v) is 5.25. The van der Waals surface area contributed by atoms with Crippen LogP contribution in [0.4, 0.5) is 18.9 Å². The van der Waals surface area contributed by atoms with Crippen molar-refractivity contribution in [1.29, 1.82) is 0 Å². The Labute approximate surface area is 183 Å². The Hall–Kier alpha value is -3.46. The number of amides is 1. The zero-order valence-electron chi connectivity index (χ0n) is 17.4. The van der Waals surface area contributed by atoms with Crippen molar-refractivity contribution < 1.29 is 18.0 Å². The molecule has 0 spiro atoms. The summed E-state index contributed by atoms with van der Waals surface area (Å²) in [6, 6.07) is 7.18. The monoisotopic (exact) mass is 441 g/mol. The molecule has 1 aliphatic heterocycles. The molecule has 9 heteroatoms. The van der Waals surface area contributed by atoms with Crippen molar-refractivity contribution in [3.63, 3.8) is 0 Å². The standard InChI is InChI=1S/C23H22F3N5O/c1-30-13-19(12-28-30)21-6-8-27-11-17(21)3-5-22(32)29-20-4-2-18-14-31(15-23(24,25)26)9-7-16(18)10-20/h2-6,8,10-13H,7,9,14-15H2,1H3,(H,29,32)/b5-3+. The van der Waals surface area contributed by atoms with E-state index in [2.05, 4.69) is 15.4 Å². The van der Waals surface area contributed by atoms with Gasteiger partial charge in [0.05, 0.1) is 12.7 Å². The number of carbonyl (C=O) groups is 1. The molecule has 0 radical (unpaired) electrons. The fourth-order valence-corrected chi connectivity index (χ4v) is 3.79. The fourth-order valence-electron chi connectivity index (χ4n) is 3.79. The largest absolute Gasteiger partial charge is 0.401 e. The smallest absolute Gasteiger partial charge is 0.323 e. The highest BCUT2D eigenvalue weighted by molar-refractivity contribution is 6.02. The molecule has 166 valence electrons. The van der Waals surface area contributed by atoms with Crippen LogP contribution in [0.15, 0.2) is 55.1 Å². The van der Waals surface area contributed by atoms with E-state index in [9.17, 15) is 18.0 Å². The number of nitrogens with zero attached hydrogens (tertiary/aromatic N) is 4. The van der Waals surface area contributed by atoms with Crippen molar-refractivity contribution in [2.24, 2.45) is 7.05 Å². The summed E-state index contributed by atoms with van der Waals surface area (Å²) in [4.78, 5) is 18.0. The molecular formula is C23H22F3N5O. The van der Waals surface area contributed by atoms with Gasteiger partial charge in [-0.3, -0.25) is 19.4 Å². The summed E-state index contributed by atoms with van der Waals surface area (Å²) in [6.07, 6.45) is 6.42. The number of nitrogens with one attached hydrogen (secondary N) is 1. The second-order valence-electron chi connectivity index (χ2n) is 7.75. The van der Waals surface area contributed by atoms with Gasteiger partial charge < -0.3 is 5.32 Å². The number of rotatable bonds is 5. The van der Waals surface area contributed by atoms with E-state index in [1.165, 1.54) is 11.0 Å². The molecule has 3 aromatic rings. The number of aryl methyl sites for hydroxylation is 1. The van der Waals surface area contributed by atoms with Gasteiger partial charge in [-0.25, -0.2) is 0 Å². The summed E-state index contributed by atoms with van der Waals surface area (Å²) < 4.78 is 39.6. The first kappa shape index (κ1) is 21.8. The normalized spacial score (nSPS) is 14.5. The van der Waals surface area contributed by atoms with Gasteiger partial charge in [-0.05, 0) is 47.4 Å². The maximum Gasteiger partial charge on any atom is 0.401 e. The zero-order valence-corrected chi connectivity index (χ0v) is 17.4. The summed E-state index contributed by atoms with van der Waals surface area (Å²) in [5.74, 6) is -0.305. The highest BCUT2D eigenvalue weighted by Gasteiger charge is 2.32. The second-order valence-corrected chi connectivity index (χ2v) is 7.75. The predicted molar refractivity (Wildman–Crippen MR) is 116 cm³/mol. The van der Waals surface area contributed by atoms with Gasteiger partial charge in [0.2, 0.25) is 5.91 Å². The van der Waals surface area contributed by atoms with Crippen LogP contribution in [0, 0.1) is 0 Å². The number of benzene rings is 1. The van der Waals surface area contributed by atoms with E-state index < -0.39 is 12.7 Å². The molecule has 1 amide bonds. The Morgan fingerprint density at radius 3 is 2.81 bits per heavy atom. The SMILES string of the molecule is Cn1cc(-c2ccncc2/C=C/C(=O)Nc2ccc3c(c2)CCN(CC(F)(F)F)C3)cn1. The second kappa shape index (κ2) is 8.96. The first-order valence-electron chi connectivity index (χ1n) is 10.1. The number of alkyl halides is 3. The molecule has 0 atom stereocenters. The molecule has 0 saturated heterocycles. The minimum Gasteiger partial charge on any atom is -0.323 e. The van der Waals surface area contributed by atoms with Crippen LogP contribution < -0.4 is 5.32 Å². The molecule has 0 bridgehead atoms. The number of carbonyl (C=O) groups excluding carboxylic acids is 1. The number of hydrogen-bond donors (Lipinski definition) is 1. The third-order valence-electron chi connectivity index (χ3n) is 5.25. The van der Waals surface area contributed by atoms with Crippen LogP contribution in [0.5, 0.6) is 0 Å². The van der Waals surface area contributed by atoms with Crippen molar-refractivity contribution in [2.45, 2.75) is 19.1 Å². The van der Waals surface area contributed by atoms with Gasteiger partial charge in [-0.2, -0.15) is 18.3 Å². The molecular weight excluding hydrogens is 419 g/mol. The molecule has 1 N–H and O–H groups in total. The number of fused-ring (bicyclic) bond motifs is 1. The lowest BCUT2D eigenvalue weighted by molar-refractivity contribution is -0.147. The van der Waals surface area contributed by atoms with E-state index in [4.69, 9.17) is 0 Å². The van der Waals surface area contributed by atoms with E-state index in [0.29, 0.717) is 18.7 Å². The van der Waals surface area contributed by atoms with Crippen molar-refractivity contribution in [1.82, 2.24) is 19.7 Å². The topological polar surface area (TPSA) is 63.1 Å². The molecule has 1 aliphatic rings. The van der Waals surface area contributed by atoms with Gasteiger partial charge in [-0.15, -0.1) is 0 Å². The van der Waals surface area contributed by atoms with Gasteiger partial charge in [0, 0.05) is 61.6 Å². The van der Waals surface area contributed by atoms with Gasteiger partial charge in [0.15, 0.2) is 0 Å². The molecule has 0 fully saturated rings. The molecule has 32 heavy (non-hydrogen) atoms. The summed E-state index contributed by atoms with van der Waals surface area (Å²) >= 11 is 0. The maximum absolute atomic E-state index is 12.6. The van der Waals surface area contributed by atoms with Crippen molar-refractivity contribution in [2.75, 3.05) is 18.4 Å². The van der Waals surface area contributed by atoms with E-state index in [1.54, 1.807) is 41.5 Å². The number of hydrogen-bond acceptors (Lipinski definition) is 4. The Balaban J connectivity index is 1.42. The summed E-state index contributed by atoms with van der Waals surface area (Å²) in [7, 11) is 1.83. The van der Waals surface area contributed by atoms with Crippen LogP contribution >= 0.6 is 0 Å². The van der Waals surface area contributed by atoms with E-state index in [-0.39, 0.29) is 12.5 Å². The van der Waals surface area contributed by atoms with Crippen molar-refractivity contribution in [3.05, 3.63) is 71.8 Å². The Kier molecular flexibility index (Phi) is 6.09. The molecule has 1 aromatic carbocycles. The lowest BCUT2D eigenvalue weighted by atomic mass is 9.99. The van der Waals surface area contributed by atoms with Crippen molar-refractivity contribution >= 4 is 17.7 Å². The molecule has 0 saturated carbocycles. The highest BCUT2D eigenvalue weighted by Crippen LogP contribution is 2.26. The van der Waals surface area contributed by atoms with E-state index in [0.717, 1.165) is 27.8 Å². The van der Waals surface area contributed by atoms with Crippen LogP contribution in [-0.2, 0) is 24.8 Å². The van der Waals surface area contributed by atoms with Crippen LogP contribution in [-0.4, -0.2) is 44.8 Å². The quantitative estimate of drug-likeness (QED) is 0.607. The summed E-state index contributed by atoms with van der Waals surface area (Å²) in [5.41, 5.74) is 5.03. The molecule has 0 aliphatic carbocycles. The van der Waals surface area contributed by atoms with Crippen LogP contribution in [0.3, 0.4) is 0 Å². The number of halogens is 3. The fraction of sp³-hybridized carbons (Fsp3) is 0.261. The van der Waals surface area contributed by atoms with Gasteiger partial charge in [0.25, 0.3) is 0 Å². The van der Waals surface area contributed by atoms with Crippen LogP contribution in [0.1, 0.15) is 16.7 Å². The van der Waals surface area contributed by atoms with Gasteiger partial charge >= 0.3 is 6.18 Å². The minimum absolute atomic E-state index is 0.251. The number of aromatic nitrogens is 3. The summed E-state index contributed by atoms with van der Waals surface area (Å²) in [6.45, 7) is -0.325. The van der Waals surface area contributed by atoms with Crippen LogP contribution in [0.2, 0.25) is 0 Å². The summed E-state index contributed by atoms with van der Waals surface area (Å²) in [5, 5.41) is 7.00. The van der Waals surface area contributed by atoms with E-state index in [1.807, 2.05) is 25.4 Å².